The van der Waals surface area contributed by atoms with Crippen LogP contribution in [0.15, 0.2) is 36.7 Å². The molecule has 0 saturated carbocycles. The summed E-state index contributed by atoms with van der Waals surface area (Å²) in [4.78, 5) is 19.0. The topological polar surface area (TPSA) is 78.0 Å². The Bertz CT molecular complexity index is 506. The molecule has 0 spiro atoms. The number of aromatic nitrogens is 2. The van der Waals surface area contributed by atoms with E-state index in [-0.39, 0.29) is 18.6 Å². The molecular weight excluding hydrogens is 230 g/mol. The van der Waals surface area contributed by atoms with Gasteiger partial charge in [0.1, 0.15) is 5.82 Å². The second kappa shape index (κ2) is 5.46. The number of amides is 1. The minimum absolute atomic E-state index is 0.0231. The fourth-order valence-corrected chi connectivity index (χ4v) is 1.62. The first kappa shape index (κ1) is 12.3. The van der Waals surface area contributed by atoms with Gasteiger partial charge in [0.05, 0.1) is 12.6 Å². The van der Waals surface area contributed by atoms with E-state index in [1.165, 1.54) is 0 Å². The Hall–Kier alpha value is -2.14. The maximum absolute atomic E-state index is 11.9. The van der Waals surface area contributed by atoms with Crippen molar-refractivity contribution >= 4 is 5.91 Å². The van der Waals surface area contributed by atoms with Gasteiger partial charge in [-0.25, -0.2) is 4.98 Å². The number of nitrogens with zero attached hydrogens (tertiary/aromatic N) is 1. The van der Waals surface area contributed by atoms with Gasteiger partial charge in [-0.3, -0.25) is 4.79 Å². The Morgan fingerprint density at radius 3 is 2.72 bits per heavy atom. The van der Waals surface area contributed by atoms with Gasteiger partial charge in [0.25, 0.3) is 5.91 Å². The first-order valence-corrected chi connectivity index (χ1v) is 5.70. The third-order valence-electron chi connectivity index (χ3n) is 2.68. The predicted octanol–water partition coefficient (Wildman–Crippen LogP) is 1.39. The number of benzene rings is 1. The summed E-state index contributed by atoms with van der Waals surface area (Å²) in [7, 11) is 0. The van der Waals surface area contributed by atoms with Crippen LogP contribution in [0.2, 0.25) is 0 Å². The number of hydrogen-bond acceptors (Lipinski definition) is 3. The summed E-state index contributed by atoms with van der Waals surface area (Å²) in [5.41, 5.74) is 1.34. The zero-order chi connectivity index (χ0) is 13.0. The number of carbonyl (C=O) groups excluding carboxylic acids is 1. The number of aliphatic hydroxyl groups is 1. The quantitative estimate of drug-likeness (QED) is 0.761. The highest BCUT2D eigenvalue weighted by Crippen LogP contribution is 2.09. The van der Waals surface area contributed by atoms with E-state index in [4.69, 9.17) is 5.11 Å². The molecule has 1 unspecified atom stereocenters. The van der Waals surface area contributed by atoms with Crippen LogP contribution >= 0.6 is 0 Å². The number of rotatable bonds is 4. The van der Waals surface area contributed by atoms with Crippen LogP contribution in [0.3, 0.4) is 0 Å². The van der Waals surface area contributed by atoms with Gasteiger partial charge in [-0.1, -0.05) is 12.1 Å². The van der Waals surface area contributed by atoms with E-state index >= 15 is 0 Å². The molecule has 1 aromatic heterocycles. The lowest BCUT2D eigenvalue weighted by Gasteiger charge is -2.11. The summed E-state index contributed by atoms with van der Waals surface area (Å²) in [6.45, 7) is 1.84. The highest BCUT2D eigenvalue weighted by atomic mass is 16.3. The summed E-state index contributed by atoms with van der Waals surface area (Å²) >= 11 is 0. The monoisotopic (exact) mass is 245 g/mol. The van der Waals surface area contributed by atoms with Gasteiger partial charge in [0, 0.05) is 18.0 Å². The summed E-state index contributed by atoms with van der Waals surface area (Å²) in [5.74, 6) is 0.554. The van der Waals surface area contributed by atoms with Gasteiger partial charge in [-0.15, -0.1) is 0 Å². The lowest BCUT2D eigenvalue weighted by molar-refractivity contribution is 0.0938. The molecule has 2 rings (SSSR count). The van der Waals surface area contributed by atoms with Crippen LogP contribution in [0.4, 0.5) is 0 Å². The van der Waals surface area contributed by atoms with Crippen molar-refractivity contribution in [3.8, 4) is 0 Å². The van der Waals surface area contributed by atoms with Crippen LogP contribution in [0.5, 0.6) is 0 Å². The summed E-state index contributed by atoms with van der Waals surface area (Å²) < 4.78 is 0. The van der Waals surface area contributed by atoms with Crippen molar-refractivity contribution in [1.82, 2.24) is 15.3 Å². The molecule has 0 bridgehead atoms. The molecule has 1 heterocycles. The average Bonchev–Trinajstić information content (AvgIpc) is 2.92. The molecule has 0 saturated heterocycles. The Morgan fingerprint density at radius 2 is 2.17 bits per heavy atom. The van der Waals surface area contributed by atoms with Crippen molar-refractivity contribution in [2.75, 3.05) is 0 Å². The zero-order valence-corrected chi connectivity index (χ0v) is 10.1. The number of nitrogens with one attached hydrogen (secondary N) is 2. The van der Waals surface area contributed by atoms with E-state index in [1.807, 2.05) is 6.92 Å². The van der Waals surface area contributed by atoms with Crippen molar-refractivity contribution in [2.45, 2.75) is 19.6 Å². The molecule has 0 aliphatic carbocycles. The van der Waals surface area contributed by atoms with Gasteiger partial charge in [-0.05, 0) is 24.6 Å². The largest absolute Gasteiger partial charge is 0.392 e. The zero-order valence-electron chi connectivity index (χ0n) is 10.1. The molecule has 18 heavy (non-hydrogen) atoms. The van der Waals surface area contributed by atoms with E-state index in [1.54, 1.807) is 36.7 Å². The van der Waals surface area contributed by atoms with Crippen LogP contribution in [0, 0.1) is 0 Å². The van der Waals surface area contributed by atoms with Crippen LogP contribution < -0.4 is 5.32 Å². The number of aromatic amines is 1. The van der Waals surface area contributed by atoms with Crippen molar-refractivity contribution in [3.05, 3.63) is 53.6 Å². The van der Waals surface area contributed by atoms with Crippen LogP contribution in [-0.2, 0) is 6.61 Å². The number of hydrogen-bond donors (Lipinski definition) is 3. The van der Waals surface area contributed by atoms with E-state index in [0.717, 1.165) is 11.4 Å². The van der Waals surface area contributed by atoms with Gasteiger partial charge >= 0.3 is 0 Å². The minimum atomic E-state index is -0.176. The van der Waals surface area contributed by atoms with Crippen LogP contribution in [0.25, 0.3) is 0 Å². The highest BCUT2D eigenvalue weighted by molar-refractivity contribution is 5.94. The van der Waals surface area contributed by atoms with E-state index in [0.29, 0.717) is 5.56 Å². The number of imidazole rings is 1. The Morgan fingerprint density at radius 1 is 1.44 bits per heavy atom. The highest BCUT2D eigenvalue weighted by Gasteiger charge is 2.12. The fourth-order valence-electron chi connectivity index (χ4n) is 1.62. The third kappa shape index (κ3) is 2.75. The van der Waals surface area contributed by atoms with Crippen molar-refractivity contribution in [2.24, 2.45) is 0 Å². The number of H-pyrrole nitrogens is 1. The molecule has 0 aliphatic rings. The summed E-state index contributed by atoms with van der Waals surface area (Å²) in [6, 6.07) is 6.66. The molecule has 1 atom stereocenters. The molecule has 5 nitrogen and oxygen atoms in total. The lowest BCUT2D eigenvalue weighted by atomic mass is 10.1. The Balaban J connectivity index is 2.03. The smallest absolute Gasteiger partial charge is 0.251 e. The molecule has 5 heteroatoms. The molecule has 0 aliphatic heterocycles. The van der Waals surface area contributed by atoms with E-state index in [9.17, 15) is 4.79 Å². The first-order valence-electron chi connectivity index (χ1n) is 5.70. The maximum atomic E-state index is 11.9. The normalized spacial score (nSPS) is 12.1. The molecule has 1 aromatic carbocycles. The van der Waals surface area contributed by atoms with E-state index in [2.05, 4.69) is 15.3 Å². The summed E-state index contributed by atoms with van der Waals surface area (Å²) in [5, 5.41) is 11.8. The van der Waals surface area contributed by atoms with Crippen LogP contribution in [-0.4, -0.2) is 21.0 Å². The lowest BCUT2D eigenvalue weighted by Crippen LogP contribution is -2.27. The van der Waals surface area contributed by atoms with Gasteiger partial charge in [0.2, 0.25) is 0 Å². The second-order valence-corrected chi connectivity index (χ2v) is 4.02. The SMILES string of the molecule is CC(NC(=O)c1ccc(CO)cc1)c1ncc[nH]1. The van der Waals surface area contributed by atoms with Crippen molar-refractivity contribution < 1.29 is 9.90 Å². The standard InChI is InChI=1S/C13H15N3O2/c1-9(12-14-6-7-15-12)16-13(18)11-4-2-10(8-17)3-5-11/h2-7,9,17H,8H2,1H3,(H,14,15)(H,16,18). The average molecular weight is 245 g/mol. The summed E-state index contributed by atoms with van der Waals surface area (Å²) in [6.07, 6.45) is 3.36. The van der Waals surface area contributed by atoms with Crippen molar-refractivity contribution in [1.29, 1.82) is 0 Å². The Kier molecular flexibility index (Phi) is 3.74. The van der Waals surface area contributed by atoms with Crippen LogP contribution in [0.1, 0.15) is 34.7 Å². The molecule has 1 amide bonds. The number of carbonyl (C=O) groups is 1. The van der Waals surface area contributed by atoms with Crippen molar-refractivity contribution in [3.63, 3.8) is 0 Å². The van der Waals surface area contributed by atoms with Gasteiger partial charge in [0.15, 0.2) is 0 Å². The maximum Gasteiger partial charge on any atom is 0.251 e. The third-order valence-corrected chi connectivity index (χ3v) is 2.68. The first-order chi connectivity index (χ1) is 8.70. The molecular formula is C13H15N3O2. The van der Waals surface area contributed by atoms with E-state index < -0.39 is 0 Å². The number of aliphatic hydroxyl groups excluding tert-OH is 1. The minimum Gasteiger partial charge on any atom is -0.392 e. The molecule has 2 aromatic rings. The molecule has 3 N–H and O–H groups in total. The fraction of sp³-hybridized carbons (Fsp3) is 0.231. The predicted molar refractivity (Wildman–Crippen MR) is 66.8 cm³/mol. The molecule has 0 radical (unpaired) electrons. The molecule has 0 fully saturated rings. The van der Waals surface area contributed by atoms with Gasteiger partial charge < -0.3 is 15.4 Å². The molecule has 94 valence electrons. The second-order valence-electron chi connectivity index (χ2n) is 4.02. The van der Waals surface area contributed by atoms with Gasteiger partial charge in [-0.2, -0.15) is 0 Å². The Labute approximate surface area is 105 Å².